The number of carbonyl (C=O) groups is 1. The molecule has 0 radical (unpaired) electrons. The standard InChI is InChI=1S/C20H14N2O2/c21-19-9-8-15(12-22-19)14-5-3-4-13(10-14)11-18-20(23)16-6-1-2-7-17(16)24-18/h1-12H,(H2,21,22)/b18-11-. The van der Waals surface area contributed by atoms with Crippen molar-refractivity contribution in [1.29, 1.82) is 0 Å². The average molecular weight is 314 g/mol. The van der Waals surface area contributed by atoms with Crippen molar-refractivity contribution in [2.45, 2.75) is 0 Å². The lowest BCUT2D eigenvalue weighted by Gasteiger charge is -2.04. The number of allylic oxidation sites excluding steroid dienone is 1. The summed E-state index contributed by atoms with van der Waals surface area (Å²) in [5, 5.41) is 0. The first kappa shape index (κ1) is 14.2. The Labute approximate surface area is 139 Å². The molecule has 2 heterocycles. The molecule has 0 bridgehead atoms. The summed E-state index contributed by atoms with van der Waals surface area (Å²) in [7, 11) is 0. The van der Waals surface area contributed by atoms with Gasteiger partial charge in [-0.25, -0.2) is 4.98 Å². The highest BCUT2D eigenvalue weighted by Crippen LogP contribution is 2.31. The van der Waals surface area contributed by atoms with Gasteiger partial charge in [-0.2, -0.15) is 0 Å². The molecular weight excluding hydrogens is 300 g/mol. The van der Waals surface area contributed by atoms with E-state index in [1.807, 2.05) is 42.5 Å². The number of ether oxygens (including phenoxy) is 1. The first-order valence-electron chi connectivity index (χ1n) is 7.56. The van der Waals surface area contributed by atoms with Crippen LogP contribution in [0, 0.1) is 0 Å². The second-order valence-electron chi connectivity index (χ2n) is 5.53. The van der Waals surface area contributed by atoms with Crippen LogP contribution in [0.1, 0.15) is 15.9 Å². The number of anilines is 1. The van der Waals surface area contributed by atoms with Crippen LogP contribution in [0.15, 0.2) is 72.6 Å². The van der Waals surface area contributed by atoms with Gasteiger partial charge >= 0.3 is 0 Å². The predicted molar refractivity (Wildman–Crippen MR) is 93.5 cm³/mol. The van der Waals surface area contributed by atoms with Crippen LogP contribution in [0.2, 0.25) is 0 Å². The summed E-state index contributed by atoms with van der Waals surface area (Å²) in [5.41, 5.74) is 9.08. The van der Waals surface area contributed by atoms with E-state index >= 15 is 0 Å². The maximum absolute atomic E-state index is 12.4. The molecule has 0 amide bonds. The molecule has 0 unspecified atom stereocenters. The van der Waals surface area contributed by atoms with E-state index in [1.165, 1.54) is 0 Å². The lowest BCUT2D eigenvalue weighted by atomic mass is 10.0. The summed E-state index contributed by atoms with van der Waals surface area (Å²) < 4.78 is 5.67. The third-order valence-corrected chi connectivity index (χ3v) is 3.88. The van der Waals surface area contributed by atoms with E-state index < -0.39 is 0 Å². The third-order valence-electron chi connectivity index (χ3n) is 3.88. The Morgan fingerprint density at radius 3 is 2.62 bits per heavy atom. The van der Waals surface area contributed by atoms with E-state index in [0.717, 1.165) is 16.7 Å². The minimum absolute atomic E-state index is 0.0924. The highest BCUT2D eigenvalue weighted by atomic mass is 16.5. The molecule has 0 atom stereocenters. The number of fused-ring (bicyclic) bond motifs is 1. The van der Waals surface area contributed by atoms with Gasteiger partial charge in [0.25, 0.3) is 0 Å². The van der Waals surface area contributed by atoms with Crippen LogP contribution in [0.25, 0.3) is 17.2 Å². The Morgan fingerprint density at radius 2 is 1.83 bits per heavy atom. The number of nitrogens with two attached hydrogens (primary N) is 1. The molecule has 4 heteroatoms. The summed E-state index contributed by atoms with van der Waals surface area (Å²) in [6.07, 6.45) is 3.49. The molecule has 4 nitrogen and oxygen atoms in total. The second kappa shape index (κ2) is 5.66. The molecule has 0 saturated carbocycles. The summed E-state index contributed by atoms with van der Waals surface area (Å²) >= 11 is 0. The van der Waals surface area contributed by atoms with Gasteiger partial charge in [0.05, 0.1) is 5.56 Å². The zero-order valence-electron chi connectivity index (χ0n) is 12.8. The van der Waals surface area contributed by atoms with Gasteiger partial charge in [-0.3, -0.25) is 4.79 Å². The Hall–Kier alpha value is -3.40. The minimum Gasteiger partial charge on any atom is -0.452 e. The third kappa shape index (κ3) is 2.54. The second-order valence-corrected chi connectivity index (χ2v) is 5.53. The van der Waals surface area contributed by atoms with E-state index in [2.05, 4.69) is 4.98 Å². The van der Waals surface area contributed by atoms with Crippen LogP contribution in [0.5, 0.6) is 5.75 Å². The number of ketones is 1. The SMILES string of the molecule is Nc1ccc(-c2cccc(/C=C3\Oc4ccccc4C3=O)c2)cn1. The number of para-hydroxylation sites is 1. The van der Waals surface area contributed by atoms with Gasteiger partial charge < -0.3 is 10.5 Å². The van der Waals surface area contributed by atoms with Crippen molar-refractivity contribution in [3.63, 3.8) is 0 Å². The molecule has 116 valence electrons. The molecule has 1 aliphatic rings. The van der Waals surface area contributed by atoms with Crippen LogP contribution >= 0.6 is 0 Å². The van der Waals surface area contributed by atoms with Crippen molar-refractivity contribution in [3.05, 3.63) is 83.7 Å². The molecule has 0 fully saturated rings. The fourth-order valence-corrected chi connectivity index (χ4v) is 2.67. The Morgan fingerprint density at radius 1 is 0.958 bits per heavy atom. The Balaban J connectivity index is 1.68. The summed E-state index contributed by atoms with van der Waals surface area (Å²) in [5.74, 6) is 1.33. The zero-order chi connectivity index (χ0) is 16.5. The number of Topliss-reactive ketones (excluding diaryl/α,β-unsaturated/α-hetero) is 1. The van der Waals surface area contributed by atoms with Crippen molar-refractivity contribution >= 4 is 17.7 Å². The number of aromatic nitrogens is 1. The van der Waals surface area contributed by atoms with E-state index in [-0.39, 0.29) is 5.78 Å². The van der Waals surface area contributed by atoms with Crippen LogP contribution in [-0.4, -0.2) is 10.8 Å². The largest absolute Gasteiger partial charge is 0.452 e. The van der Waals surface area contributed by atoms with E-state index in [1.54, 1.807) is 30.5 Å². The van der Waals surface area contributed by atoms with E-state index in [0.29, 0.717) is 22.9 Å². The van der Waals surface area contributed by atoms with Crippen LogP contribution in [0.4, 0.5) is 5.82 Å². The number of nitrogen functional groups attached to an aromatic ring is 1. The Kier molecular flexibility index (Phi) is 3.35. The summed E-state index contributed by atoms with van der Waals surface area (Å²) in [6.45, 7) is 0. The number of hydrogen-bond donors (Lipinski definition) is 1. The minimum atomic E-state index is -0.0924. The molecule has 1 aliphatic heterocycles. The van der Waals surface area contributed by atoms with Crippen molar-refractivity contribution in [2.24, 2.45) is 0 Å². The van der Waals surface area contributed by atoms with Gasteiger partial charge in [-0.1, -0.05) is 30.3 Å². The molecule has 0 saturated heterocycles. The summed E-state index contributed by atoms with van der Waals surface area (Å²) in [4.78, 5) is 16.5. The maximum atomic E-state index is 12.4. The smallest absolute Gasteiger partial charge is 0.231 e. The van der Waals surface area contributed by atoms with Gasteiger partial charge in [-0.15, -0.1) is 0 Å². The molecule has 1 aromatic heterocycles. The lowest BCUT2D eigenvalue weighted by Crippen LogP contribution is -1.98. The van der Waals surface area contributed by atoms with Crippen LogP contribution < -0.4 is 10.5 Å². The Bertz CT molecular complexity index is 959. The predicted octanol–water partition coefficient (Wildman–Crippen LogP) is 3.95. The molecule has 0 aliphatic carbocycles. The van der Waals surface area contributed by atoms with Crippen LogP contribution in [0.3, 0.4) is 0 Å². The fraction of sp³-hybridized carbons (Fsp3) is 0. The molecule has 2 N–H and O–H groups in total. The fourth-order valence-electron chi connectivity index (χ4n) is 2.67. The number of benzene rings is 2. The van der Waals surface area contributed by atoms with Crippen molar-refractivity contribution in [2.75, 3.05) is 5.73 Å². The number of rotatable bonds is 2. The highest BCUT2D eigenvalue weighted by molar-refractivity contribution is 6.14. The topological polar surface area (TPSA) is 65.2 Å². The zero-order valence-corrected chi connectivity index (χ0v) is 12.8. The molecular formula is C20H14N2O2. The quantitative estimate of drug-likeness (QED) is 0.727. The molecule has 3 aromatic rings. The van der Waals surface area contributed by atoms with Gasteiger partial charge in [0.15, 0.2) is 5.76 Å². The lowest BCUT2D eigenvalue weighted by molar-refractivity contribution is 0.101. The van der Waals surface area contributed by atoms with Crippen molar-refractivity contribution in [1.82, 2.24) is 4.98 Å². The van der Waals surface area contributed by atoms with Gasteiger partial charge in [-0.05, 0) is 47.5 Å². The monoisotopic (exact) mass is 314 g/mol. The van der Waals surface area contributed by atoms with Crippen molar-refractivity contribution in [3.8, 4) is 16.9 Å². The molecule has 4 rings (SSSR count). The number of carbonyl (C=O) groups excluding carboxylic acids is 1. The van der Waals surface area contributed by atoms with Crippen molar-refractivity contribution < 1.29 is 9.53 Å². The number of nitrogens with zero attached hydrogens (tertiary/aromatic N) is 1. The molecule has 0 spiro atoms. The van der Waals surface area contributed by atoms with Gasteiger partial charge in [0, 0.05) is 11.8 Å². The normalized spacial score (nSPS) is 14.5. The average Bonchev–Trinajstić information content (AvgIpc) is 2.92. The van der Waals surface area contributed by atoms with Gasteiger partial charge in [0.2, 0.25) is 5.78 Å². The van der Waals surface area contributed by atoms with Crippen LogP contribution in [-0.2, 0) is 0 Å². The number of pyridine rings is 1. The maximum Gasteiger partial charge on any atom is 0.231 e. The van der Waals surface area contributed by atoms with E-state index in [4.69, 9.17) is 10.5 Å². The summed E-state index contributed by atoms with van der Waals surface area (Å²) in [6, 6.07) is 18.8. The molecule has 24 heavy (non-hydrogen) atoms. The van der Waals surface area contributed by atoms with E-state index in [9.17, 15) is 4.79 Å². The first-order chi connectivity index (χ1) is 11.7. The van der Waals surface area contributed by atoms with Gasteiger partial charge in [0.1, 0.15) is 11.6 Å². The number of hydrogen-bond acceptors (Lipinski definition) is 4. The molecule has 2 aromatic carbocycles. The highest BCUT2D eigenvalue weighted by Gasteiger charge is 2.26. The first-order valence-corrected chi connectivity index (χ1v) is 7.56.